The lowest BCUT2D eigenvalue weighted by Gasteiger charge is -2.20. The van der Waals surface area contributed by atoms with E-state index in [1.165, 1.54) is 6.20 Å². The summed E-state index contributed by atoms with van der Waals surface area (Å²) >= 11 is 0. The molecular weight excluding hydrogens is 208 g/mol. The van der Waals surface area contributed by atoms with Crippen molar-refractivity contribution in [3.8, 4) is 0 Å². The number of amides is 1. The van der Waals surface area contributed by atoms with Gasteiger partial charge in [0, 0.05) is 32.4 Å². The Labute approximate surface area is 94.8 Å². The maximum Gasteiger partial charge on any atom is 0.257 e. The third-order valence-electron chi connectivity index (χ3n) is 2.30. The Kier molecular flexibility index (Phi) is 4.45. The second-order valence-corrected chi connectivity index (χ2v) is 3.81. The molecule has 0 saturated heterocycles. The lowest BCUT2D eigenvalue weighted by atomic mass is 10.2. The van der Waals surface area contributed by atoms with Crippen molar-refractivity contribution in [1.82, 2.24) is 15.1 Å². The van der Waals surface area contributed by atoms with Crippen LogP contribution in [0.15, 0.2) is 6.20 Å². The topological polar surface area (TPSA) is 84.2 Å². The van der Waals surface area contributed by atoms with E-state index in [-0.39, 0.29) is 11.9 Å². The molecule has 0 aliphatic heterocycles. The van der Waals surface area contributed by atoms with E-state index in [0.717, 1.165) is 5.69 Å². The molecule has 6 nitrogen and oxygen atoms in total. The number of carbonyl (C=O) groups excluding carboxylic acids is 1. The van der Waals surface area contributed by atoms with Crippen molar-refractivity contribution >= 4 is 5.91 Å². The molecule has 16 heavy (non-hydrogen) atoms. The Morgan fingerprint density at radius 1 is 1.75 bits per heavy atom. The predicted molar refractivity (Wildman–Crippen MR) is 60.1 cm³/mol. The van der Waals surface area contributed by atoms with Gasteiger partial charge in [0.1, 0.15) is 0 Å². The Bertz CT molecular complexity index is 350. The Morgan fingerprint density at radius 3 is 2.94 bits per heavy atom. The maximum absolute atomic E-state index is 11.9. The molecule has 1 unspecified atom stereocenters. The Hall–Kier alpha value is -1.40. The molecule has 0 fully saturated rings. The fourth-order valence-corrected chi connectivity index (χ4v) is 1.47. The molecule has 0 spiro atoms. The highest BCUT2D eigenvalue weighted by Gasteiger charge is 2.17. The maximum atomic E-state index is 11.9. The molecular formula is C10H18N4O2. The van der Waals surface area contributed by atoms with Crippen molar-refractivity contribution in [1.29, 1.82) is 0 Å². The molecule has 3 N–H and O–H groups in total. The van der Waals surface area contributed by atoms with E-state index >= 15 is 0 Å². The van der Waals surface area contributed by atoms with E-state index < -0.39 is 0 Å². The molecule has 1 amide bonds. The van der Waals surface area contributed by atoms with E-state index in [9.17, 15) is 4.79 Å². The first kappa shape index (κ1) is 12.7. The van der Waals surface area contributed by atoms with Crippen LogP contribution in [-0.4, -0.2) is 54.4 Å². The summed E-state index contributed by atoms with van der Waals surface area (Å²) < 4.78 is 4.92. The van der Waals surface area contributed by atoms with Gasteiger partial charge < -0.3 is 15.4 Å². The van der Waals surface area contributed by atoms with Gasteiger partial charge in [0.25, 0.3) is 5.91 Å². The highest BCUT2D eigenvalue weighted by molar-refractivity contribution is 5.94. The van der Waals surface area contributed by atoms with Crippen LogP contribution >= 0.6 is 0 Å². The lowest BCUT2D eigenvalue weighted by molar-refractivity contribution is 0.0764. The molecule has 1 aromatic heterocycles. The minimum absolute atomic E-state index is 0.0854. The number of likely N-dealkylation sites (N-methyl/N-ethyl adjacent to an activating group) is 1. The summed E-state index contributed by atoms with van der Waals surface area (Å²) in [7, 11) is 3.30. The molecule has 1 heterocycles. The van der Waals surface area contributed by atoms with Crippen LogP contribution in [0.5, 0.6) is 0 Å². The second kappa shape index (κ2) is 5.62. The average molecular weight is 226 g/mol. The standard InChI is InChI=1S/C10H18N4O2/c1-7-9(4-12-13-7)10(15)14(2)5-8(11)6-16-3/h4,8H,5-6,11H2,1-3H3,(H,12,13). The number of aryl methyl sites for hydroxylation is 1. The SMILES string of the molecule is COCC(N)CN(C)C(=O)c1cn[nH]c1C. The summed E-state index contributed by atoms with van der Waals surface area (Å²) in [5, 5.41) is 6.54. The van der Waals surface area contributed by atoms with Gasteiger partial charge in [-0.15, -0.1) is 0 Å². The highest BCUT2D eigenvalue weighted by atomic mass is 16.5. The van der Waals surface area contributed by atoms with E-state index in [1.54, 1.807) is 19.1 Å². The van der Waals surface area contributed by atoms with Crippen LogP contribution in [0.4, 0.5) is 0 Å². The summed E-state index contributed by atoms with van der Waals surface area (Å²) in [6.45, 7) is 2.70. The smallest absolute Gasteiger partial charge is 0.257 e. The first-order chi connectivity index (χ1) is 7.56. The first-order valence-corrected chi connectivity index (χ1v) is 5.06. The number of ether oxygens (including phenoxy) is 1. The number of carbonyl (C=O) groups is 1. The minimum Gasteiger partial charge on any atom is -0.383 e. The molecule has 0 bridgehead atoms. The van der Waals surface area contributed by atoms with Gasteiger partial charge in [-0.2, -0.15) is 5.10 Å². The van der Waals surface area contributed by atoms with Crippen molar-refractivity contribution in [2.45, 2.75) is 13.0 Å². The summed E-state index contributed by atoms with van der Waals surface area (Å²) in [5.41, 5.74) is 7.11. The van der Waals surface area contributed by atoms with Gasteiger partial charge in [0.2, 0.25) is 0 Å². The van der Waals surface area contributed by atoms with Gasteiger partial charge in [-0.05, 0) is 6.92 Å². The van der Waals surface area contributed by atoms with Crippen molar-refractivity contribution in [3.63, 3.8) is 0 Å². The average Bonchev–Trinajstić information content (AvgIpc) is 2.63. The third-order valence-corrected chi connectivity index (χ3v) is 2.30. The molecule has 0 aliphatic rings. The molecule has 0 aromatic carbocycles. The zero-order valence-electron chi connectivity index (χ0n) is 9.86. The number of hydrogen-bond donors (Lipinski definition) is 2. The van der Waals surface area contributed by atoms with E-state index in [0.29, 0.717) is 18.7 Å². The van der Waals surface area contributed by atoms with Gasteiger partial charge in [-0.1, -0.05) is 0 Å². The molecule has 90 valence electrons. The first-order valence-electron chi connectivity index (χ1n) is 5.06. The van der Waals surface area contributed by atoms with Crippen molar-refractivity contribution in [2.75, 3.05) is 27.3 Å². The van der Waals surface area contributed by atoms with Crippen LogP contribution in [0.25, 0.3) is 0 Å². The summed E-state index contributed by atoms with van der Waals surface area (Å²) in [4.78, 5) is 13.5. The van der Waals surface area contributed by atoms with Crippen molar-refractivity contribution in [2.24, 2.45) is 5.73 Å². The number of nitrogens with two attached hydrogens (primary N) is 1. The normalized spacial score (nSPS) is 12.5. The number of aromatic nitrogens is 2. The number of hydrogen-bond acceptors (Lipinski definition) is 4. The monoisotopic (exact) mass is 226 g/mol. The number of nitrogens with zero attached hydrogens (tertiary/aromatic N) is 2. The Balaban J connectivity index is 2.58. The molecule has 0 aliphatic carbocycles. The number of nitrogens with one attached hydrogen (secondary N) is 1. The van der Waals surface area contributed by atoms with Gasteiger partial charge >= 0.3 is 0 Å². The number of rotatable bonds is 5. The predicted octanol–water partition coefficient (Wildman–Crippen LogP) is -0.236. The largest absolute Gasteiger partial charge is 0.383 e. The van der Waals surface area contributed by atoms with Crippen LogP contribution in [-0.2, 0) is 4.74 Å². The number of H-pyrrole nitrogens is 1. The Morgan fingerprint density at radius 2 is 2.44 bits per heavy atom. The zero-order chi connectivity index (χ0) is 12.1. The summed E-state index contributed by atoms with van der Waals surface area (Å²) in [6, 6.07) is -0.175. The molecule has 0 radical (unpaired) electrons. The highest BCUT2D eigenvalue weighted by Crippen LogP contribution is 2.06. The molecule has 0 saturated carbocycles. The van der Waals surface area contributed by atoms with Crippen molar-refractivity contribution in [3.05, 3.63) is 17.5 Å². The quantitative estimate of drug-likeness (QED) is 0.726. The van der Waals surface area contributed by atoms with Gasteiger partial charge in [-0.3, -0.25) is 9.89 Å². The second-order valence-electron chi connectivity index (χ2n) is 3.81. The molecule has 1 aromatic rings. The molecule has 1 rings (SSSR count). The van der Waals surface area contributed by atoms with Gasteiger partial charge in [0.15, 0.2) is 0 Å². The fourth-order valence-electron chi connectivity index (χ4n) is 1.47. The number of methoxy groups -OCH3 is 1. The fraction of sp³-hybridized carbons (Fsp3) is 0.600. The van der Waals surface area contributed by atoms with Crippen LogP contribution < -0.4 is 5.73 Å². The summed E-state index contributed by atoms with van der Waals surface area (Å²) in [5.74, 6) is -0.0854. The van der Waals surface area contributed by atoms with E-state index in [4.69, 9.17) is 10.5 Å². The lowest BCUT2D eigenvalue weighted by Crippen LogP contribution is -2.41. The zero-order valence-corrected chi connectivity index (χ0v) is 9.86. The summed E-state index contributed by atoms with van der Waals surface area (Å²) in [6.07, 6.45) is 1.52. The van der Waals surface area contributed by atoms with Crippen molar-refractivity contribution < 1.29 is 9.53 Å². The minimum atomic E-state index is -0.175. The van der Waals surface area contributed by atoms with E-state index in [2.05, 4.69) is 10.2 Å². The molecule has 1 atom stereocenters. The van der Waals surface area contributed by atoms with E-state index in [1.807, 2.05) is 6.92 Å². The van der Waals surface area contributed by atoms with Crippen LogP contribution in [0.1, 0.15) is 16.1 Å². The van der Waals surface area contributed by atoms with Crippen LogP contribution in [0.3, 0.4) is 0 Å². The molecule has 6 heteroatoms. The van der Waals surface area contributed by atoms with Crippen LogP contribution in [0.2, 0.25) is 0 Å². The van der Waals surface area contributed by atoms with Gasteiger partial charge in [-0.25, -0.2) is 0 Å². The number of aromatic amines is 1. The van der Waals surface area contributed by atoms with Gasteiger partial charge in [0.05, 0.1) is 18.4 Å². The van der Waals surface area contributed by atoms with Crippen LogP contribution in [0, 0.1) is 6.92 Å². The third kappa shape index (κ3) is 3.04.